The molecule has 0 heterocycles. The summed E-state index contributed by atoms with van der Waals surface area (Å²) in [6.45, 7) is 1.83. The fourth-order valence-corrected chi connectivity index (χ4v) is 4.12. The van der Waals surface area contributed by atoms with Gasteiger partial charge in [0.1, 0.15) is 0 Å². The Morgan fingerprint density at radius 2 is 1.70 bits per heavy atom. The summed E-state index contributed by atoms with van der Waals surface area (Å²) < 4.78 is 64.1. The molecule has 0 atom stereocenters. The second kappa shape index (κ2) is 6.74. The Morgan fingerprint density at radius 1 is 1.09 bits per heavy atom. The molecule has 0 aliphatic carbocycles. The highest BCUT2D eigenvalue weighted by Gasteiger charge is 2.29. The van der Waals surface area contributed by atoms with E-state index in [2.05, 4.69) is 20.7 Å². The number of thioether (sulfide) groups is 1. The maximum atomic E-state index is 12.3. The number of nitrogens with one attached hydrogen (secondary N) is 1. The van der Waals surface area contributed by atoms with Crippen LogP contribution in [0.4, 0.5) is 18.9 Å². The van der Waals surface area contributed by atoms with E-state index in [1.54, 1.807) is 12.1 Å². The highest BCUT2D eigenvalue weighted by Crippen LogP contribution is 2.39. The predicted molar refractivity (Wildman–Crippen MR) is 88.0 cm³/mol. The summed E-state index contributed by atoms with van der Waals surface area (Å²) in [5.41, 5.74) is -3.32. The van der Waals surface area contributed by atoms with Crippen molar-refractivity contribution in [1.82, 2.24) is 0 Å². The van der Waals surface area contributed by atoms with Crippen molar-refractivity contribution < 1.29 is 21.6 Å². The van der Waals surface area contributed by atoms with E-state index in [1.807, 2.05) is 6.92 Å². The van der Waals surface area contributed by atoms with E-state index < -0.39 is 15.5 Å². The Labute approximate surface area is 144 Å². The van der Waals surface area contributed by atoms with E-state index in [0.717, 1.165) is 5.56 Å². The lowest BCUT2D eigenvalue weighted by atomic mass is 10.2. The smallest absolute Gasteiger partial charge is 0.278 e. The summed E-state index contributed by atoms with van der Waals surface area (Å²) in [6.07, 6.45) is 0. The Bertz CT molecular complexity index is 806. The van der Waals surface area contributed by atoms with E-state index in [1.165, 1.54) is 30.3 Å². The summed E-state index contributed by atoms with van der Waals surface area (Å²) in [6, 6.07) is 9.93. The van der Waals surface area contributed by atoms with Gasteiger partial charge in [0.2, 0.25) is 0 Å². The van der Waals surface area contributed by atoms with Crippen molar-refractivity contribution >= 4 is 43.4 Å². The third-order valence-corrected chi connectivity index (χ3v) is 5.51. The summed E-state index contributed by atoms with van der Waals surface area (Å²) in [5, 5.41) is 0. The Balaban J connectivity index is 2.24. The Morgan fingerprint density at radius 3 is 2.22 bits per heavy atom. The Hall–Kier alpha value is -1.19. The minimum atomic E-state index is -4.40. The number of sulfonamides is 1. The quantitative estimate of drug-likeness (QED) is 0.687. The third kappa shape index (κ3) is 5.15. The molecular weight excluding hydrogens is 415 g/mol. The molecule has 2 aromatic rings. The molecule has 1 N–H and O–H groups in total. The van der Waals surface area contributed by atoms with Crippen molar-refractivity contribution in [2.24, 2.45) is 0 Å². The van der Waals surface area contributed by atoms with Crippen LogP contribution in [-0.4, -0.2) is 13.9 Å². The maximum Gasteiger partial charge on any atom is 0.446 e. The highest BCUT2D eigenvalue weighted by molar-refractivity contribution is 9.10. The number of halogens is 4. The number of hydrogen-bond acceptors (Lipinski definition) is 3. The van der Waals surface area contributed by atoms with Crippen molar-refractivity contribution in [3.05, 3.63) is 52.5 Å². The van der Waals surface area contributed by atoms with Crippen LogP contribution in [0.1, 0.15) is 5.56 Å². The summed E-state index contributed by atoms with van der Waals surface area (Å²) in [5.74, 6) is 0. The summed E-state index contributed by atoms with van der Waals surface area (Å²) in [7, 11) is -3.81. The van der Waals surface area contributed by atoms with Crippen molar-refractivity contribution in [2.45, 2.75) is 22.2 Å². The predicted octanol–water partition coefficient (Wildman–Crippen LogP) is 5.17. The molecular formula is C14H11BrF3NO2S2. The number of hydrogen-bond donors (Lipinski definition) is 1. The lowest BCUT2D eigenvalue weighted by molar-refractivity contribution is -0.0328. The first-order valence-electron chi connectivity index (χ1n) is 6.22. The summed E-state index contributed by atoms with van der Waals surface area (Å²) >= 11 is 2.82. The molecule has 2 rings (SSSR count). The topological polar surface area (TPSA) is 46.2 Å². The summed E-state index contributed by atoms with van der Waals surface area (Å²) in [4.78, 5) is 0.0337. The van der Waals surface area contributed by atoms with Crippen molar-refractivity contribution in [1.29, 1.82) is 0 Å². The van der Waals surface area contributed by atoms with E-state index in [9.17, 15) is 21.6 Å². The molecule has 23 heavy (non-hydrogen) atoms. The van der Waals surface area contributed by atoms with Crippen LogP contribution < -0.4 is 4.72 Å². The van der Waals surface area contributed by atoms with Gasteiger partial charge in [0.15, 0.2) is 0 Å². The first-order chi connectivity index (χ1) is 10.6. The molecule has 0 saturated carbocycles. The van der Waals surface area contributed by atoms with Crippen LogP contribution in [0, 0.1) is 6.92 Å². The van der Waals surface area contributed by atoms with Gasteiger partial charge in [-0.1, -0.05) is 17.7 Å². The third-order valence-electron chi connectivity index (χ3n) is 2.75. The van der Waals surface area contributed by atoms with Gasteiger partial charge in [-0.2, -0.15) is 13.2 Å². The van der Waals surface area contributed by atoms with Crippen LogP contribution in [0.3, 0.4) is 0 Å². The monoisotopic (exact) mass is 425 g/mol. The molecule has 0 aromatic heterocycles. The Kier molecular flexibility index (Phi) is 5.32. The number of anilines is 1. The van der Waals surface area contributed by atoms with Crippen LogP contribution in [-0.2, 0) is 10.0 Å². The van der Waals surface area contributed by atoms with Gasteiger partial charge in [0.25, 0.3) is 10.0 Å². The molecule has 0 fully saturated rings. The second-order valence-corrected chi connectivity index (χ2v) is 8.28. The zero-order chi connectivity index (χ0) is 17.3. The molecule has 9 heteroatoms. The van der Waals surface area contributed by atoms with Gasteiger partial charge in [0.05, 0.1) is 10.6 Å². The maximum absolute atomic E-state index is 12.3. The van der Waals surface area contributed by atoms with Crippen LogP contribution in [0.2, 0.25) is 0 Å². The standard InChI is InChI=1S/C14H11BrF3NO2S2/c1-9-2-5-11(6-3-9)23(20,21)19-13-7-4-10(8-12(13)15)22-14(16,17)18/h2-8,19H,1H3. The van der Waals surface area contributed by atoms with Gasteiger partial charge in [-0.05, 0) is 64.9 Å². The van der Waals surface area contributed by atoms with Crippen molar-refractivity contribution in [3.8, 4) is 0 Å². The molecule has 3 nitrogen and oxygen atoms in total. The van der Waals surface area contributed by atoms with Gasteiger partial charge in [-0.15, -0.1) is 0 Å². The van der Waals surface area contributed by atoms with E-state index in [4.69, 9.17) is 0 Å². The van der Waals surface area contributed by atoms with Gasteiger partial charge < -0.3 is 0 Å². The van der Waals surface area contributed by atoms with Crippen LogP contribution in [0.25, 0.3) is 0 Å². The fourth-order valence-electron chi connectivity index (χ4n) is 1.70. The van der Waals surface area contributed by atoms with Crippen LogP contribution in [0.5, 0.6) is 0 Å². The number of aryl methyl sites for hydroxylation is 1. The molecule has 0 aliphatic rings. The van der Waals surface area contributed by atoms with Gasteiger partial charge in [0, 0.05) is 9.37 Å². The lowest BCUT2D eigenvalue weighted by Crippen LogP contribution is -2.13. The van der Waals surface area contributed by atoms with E-state index in [-0.39, 0.29) is 31.7 Å². The van der Waals surface area contributed by atoms with E-state index >= 15 is 0 Å². The zero-order valence-corrected chi connectivity index (χ0v) is 14.9. The zero-order valence-electron chi connectivity index (χ0n) is 11.7. The first kappa shape index (κ1) is 18.2. The van der Waals surface area contributed by atoms with Gasteiger partial charge >= 0.3 is 5.51 Å². The highest BCUT2D eigenvalue weighted by atomic mass is 79.9. The van der Waals surface area contributed by atoms with Crippen LogP contribution >= 0.6 is 27.7 Å². The lowest BCUT2D eigenvalue weighted by Gasteiger charge is -2.12. The molecule has 0 unspecified atom stereocenters. The van der Waals surface area contributed by atoms with Gasteiger partial charge in [-0.25, -0.2) is 8.42 Å². The molecule has 0 amide bonds. The minimum Gasteiger partial charge on any atom is -0.278 e. The molecule has 0 radical (unpaired) electrons. The molecule has 124 valence electrons. The van der Waals surface area contributed by atoms with Crippen molar-refractivity contribution in [2.75, 3.05) is 4.72 Å². The minimum absolute atomic E-state index is 0.0392. The van der Waals surface area contributed by atoms with Gasteiger partial charge in [-0.3, -0.25) is 4.72 Å². The normalized spacial score (nSPS) is 12.2. The van der Waals surface area contributed by atoms with Crippen LogP contribution in [0.15, 0.2) is 56.7 Å². The molecule has 0 spiro atoms. The molecule has 0 saturated heterocycles. The molecule has 0 bridgehead atoms. The average Bonchev–Trinajstić information content (AvgIpc) is 2.40. The second-order valence-electron chi connectivity index (χ2n) is 4.61. The molecule has 0 aliphatic heterocycles. The largest absolute Gasteiger partial charge is 0.446 e. The average molecular weight is 426 g/mol. The number of benzene rings is 2. The van der Waals surface area contributed by atoms with E-state index in [0.29, 0.717) is 0 Å². The van der Waals surface area contributed by atoms with Crippen molar-refractivity contribution in [3.63, 3.8) is 0 Å². The fraction of sp³-hybridized carbons (Fsp3) is 0.143. The SMILES string of the molecule is Cc1ccc(S(=O)(=O)Nc2ccc(SC(F)(F)F)cc2Br)cc1. The first-order valence-corrected chi connectivity index (χ1v) is 9.31. The number of rotatable bonds is 4. The molecule has 2 aromatic carbocycles. The number of alkyl halides is 3.